The third-order valence-corrected chi connectivity index (χ3v) is 10.2. The average Bonchev–Trinajstić information content (AvgIpc) is 3.36. The molecule has 7 heteroatoms. The highest BCUT2D eigenvalue weighted by Crippen LogP contribution is 2.58. The minimum absolute atomic E-state index is 0.100. The zero-order chi connectivity index (χ0) is 27.2. The van der Waals surface area contributed by atoms with Crippen molar-refractivity contribution in [1.82, 2.24) is 0 Å². The number of methoxy groups -OCH3 is 1. The number of esters is 1. The maximum atomic E-state index is 13.9. The van der Waals surface area contributed by atoms with Crippen LogP contribution < -0.4 is 4.90 Å². The summed E-state index contributed by atoms with van der Waals surface area (Å²) in [4.78, 5) is 30.7. The summed E-state index contributed by atoms with van der Waals surface area (Å²) in [5.41, 5.74) is 5.57. The molecule has 3 aromatic rings. The number of hydrogen-bond acceptors (Lipinski definition) is 6. The second-order valence-electron chi connectivity index (χ2n) is 9.73. The molecule has 0 unspecified atom stereocenters. The molecule has 38 heavy (non-hydrogen) atoms. The molecule has 0 aromatic heterocycles. The van der Waals surface area contributed by atoms with Gasteiger partial charge in [-0.25, -0.2) is 4.79 Å². The van der Waals surface area contributed by atoms with Crippen LogP contribution in [0.25, 0.3) is 10.5 Å². The molecule has 0 aliphatic carbocycles. The fraction of sp³-hybridized carbons (Fsp3) is 0.194. The number of rotatable bonds is 3. The number of thioether (sulfide) groups is 2. The first-order valence-electron chi connectivity index (χ1n) is 12.2. The van der Waals surface area contributed by atoms with Crippen LogP contribution in [0.1, 0.15) is 46.5 Å². The number of carbonyl (C=O) groups excluding carboxylic acids is 2. The minimum atomic E-state index is -0.790. The number of fused-ring (bicyclic) bond motifs is 1. The number of nitrogens with zero attached hydrogens (tertiary/aromatic N) is 1. The van der Waals surface area contributed by atoms with Crippen molar-refractivity contribution in [3.8, 4) is 0 Å². The summed E-state index contributed by atoms with van der Waals surface area (Å²) in [6, 6.07) is 23.3. The van der Waals surface area contributed by atoms with Crippen molar-refractivity contribution in [2.75, 3.05) is 12.0 Å². The van der Waals surface area contributed by atoms with E-state index in [1.807, 2.05) is 79.4 Å². The normalized spacial score (nSPS) is 18.4. The number of thiocarbonyl (C=S) groups is 1. The summed E-state index contributed by atoms with van der Waals surface area (Å²) in [6.45, 7) is 8.10. The molecular formula is C31H27NO3S3. The van der Waals surface area contributed by atoms with Crippen LogP contribution in [0.5, 0.6) is 0 Å². The fourth-order valence-corrected chi connectivity index (χ4v) is 7.86. The lowest BCUT2D eigenvalue weighted by Gasteiger charge is -2.45. The van der Waals surface area contributed by atoms with Crippen LogP contribution in [0.3, 0.4) is 0 Å². The van der Waals surface area contributed by atoms with Gasteiger partial charge in [0, 0.05) is 21.6 Å². The Morgan fingerprint density at radius 3 is 2.13 bits per heavy atom. The van der Waals surface area contributed by atoms with Gasteiger partial charge in [0.2, 0.25) is 0 Å². The van der Waals surface area contributed by atoms with Crippen LogP contribution in [-0.2, 0) is 9.53 Å². The summed E-state index contributed by atoms with van der Waals surface area (Å²) in [6.07, 6.45) is 0. The Labute approximate surface area is 237 Å². The van der Waals surface area contributed by atoms with Crippen molar-refractivity contribution in [1.29, 1.82) is 0 Å². The lowest BCUT2D eigenvalue weighted by molar-refractivity contribution is -0.135. The first kappa shape index (κ1) is 26.5. The Kier molecular flexibility index (Phi) is 7.11. The van der Waals surface area contributed by atoms with E-state index in [-0.39, 0.29) is 11.9 Å². The molecule has 2 heterocycles. The Morgan fingerprint density at radius 2 is 1.50 bits per heavy atom. The number of carbonyl (C=O) groups is 2. The van der Waals surface area contributed by atoms with Crippen molar-refractivity contribution < 1.29 is 14.3 Å². The van der Waals surface area contributed by atoms with Crippen molar-refractivity contribution in [2.24, 2.45) is 0 Å². The van der Waals surface area contributed by atoms with Gasteiger partial charge in [0.05, 0.1) is 27.4 Å². The summed E-state index contributed by atoms with van der Waals surface area (Å²) < 4.78 is 6.07. The number of hydrogen-bond donors (Lipinski definition) is 0. The highest BCUT2D eigenvalue weighted by Gasteiger charge is 2.46. The molecular weight excluding hydrogens is 531 g/mol. The largest absolute Gasteiger partial charge is 0.465 e. The van der Waals surface area contributed by atoms with E-state index >= 15 is 0 Å². The molecule has 4 nitrogen and oxygen atoms in total. The Balaban J connectivity index is 1.72. The smallest absolute Gasteiger partial charge is 0.345 e. The van der Waals surface area contributed by atoms with Gasteiger partial charge in [0.1, 0.15) is 4.91 Å². The second-order valence-corrected chi connectivity index (χ2v) is 12.4. The summed E-state index contributed by atoms with van der Waals surface area (Å²) in [5.74, 6) is -0.476. The lowest BCUT2D eigenvalue weighted by Crippen LogP contribution is -2.56. The Morgan fingerprint density at radius 1 is 0.895 bits per heavy atom. The zero-order valence-corrected chi connectivity index (χ0v) is 24.3. The van der Waals surface area contributed by atoms with E-state index in [0.29, 0.717) is 15.3 Å². The number of aryl methyl sites for hydroxylation is 2. The number of anilines is 1. The molecule has 1 amide bonds. The van der Waals surface area contributed by atoms with Gasteiger partial charge in [-0.05, 0) is 68.7 Å². The molecule has 0 atom stereocenters. The summed E-state index contributed by atoms with van der Waals surface area (Å²) >= 11 is 9.10. The third-order valence-electron chi connectivity index (χ3n) is 6.89. The molecule has 0 saturated heterocycles. The van der Waals surface area contributed by atoms with Crippen LogP contribution in [0, 0.1) is 13.8 Å². The van der Waals surface area contributed by atoms with E-state index in [2.05, 4.69) is 26.0 Å². The molecule has 0 fully saturated rings. The molecule has 0 radical (unpaired) electrons. The topological polar surface area (TPSA) is 46.6 Å². The second kappa shape index (κ2) is 10.2. The Bertz CT molecular complexity index is 1540. The van der Waals surface area contributed by atoms with Gasteiger partial charge in [-0.3, -0.25) is 9.69 Å². The van der Waals surface area contributed by atoms with Gasteiger partial charge >= 0.3 is 5.97 Å². The average molecular weight is 558 g/mol. The van der Waals surface area contributed by atoms with Crippen LogP contribution in [0.4, 0.5) is 5.69 Å². The maximum Gasteiger partial charge on any atom is 0.345 e. The molecule has 2 aliphatic rings. The van der Waals surface area contributed by atoms with Gasteiger partial charge in [0.15, 0.2) is 0 Å². The lowest BCUT2D eigenvalue weighted by atomic mass is 9.81. The van der Waals surface area contributed by atoms with Gasteiger partial charge in [0.25, 0.3) is 5.91 Å². The highest BCUT2D eigenvalue weighted by molar-refractivity contribution is 8.32. The van der Waals surface area contributed by atoms with Crippen LogP contribution in [0.15, 0.2) is 81.9 Å². The summed E-state index contributed by atoms with van der Waals surface area (Å²) in [7, 11) is 1.40. The summed E-state index contributed by atoms with van der Waals surface area (Å²) in [5, 5.41) is 0. The van der Waals surface area contributed by atoms with Gasteiger partial charge in [-0.2, -0.15) is 0 Å². The zero-order valence-electron chi connectivity index (χ0n) is 21.8. The van der Waals surface area contributed by atoms with E-state index in [9.17, 15) is 9.59 Å². The van der Waals surface area contributed by atoms with Crippen molar-refractivity contribution in [3.05, 3.63) is 110 Å². The third kappa shape index (κ3) is 4.42. The van der Waals surface area contributed by atoms with Crippen LogP contribution in [0.2, 0.25) is 0 Å². The van der Waals surface area contributed by atoms with Crippen LogP contribution in [-0.4, -0.2) is 29.4 Å². The van der Waals surface area contributed by atoms with E-state index < -0.39 is 5.54 Å². The van der Waals surface area contributed by atoms with Crippen molar-refractivity contribution in [2.45, 2.75) is 33.2 Å². The molecule has 0 N–H and O–H groups in total. The highest BCUT2D eigenvalue weighted by atomic mass is 32.2. The molecule has 0 bridgehead atoms. The molecule has 2 aliphatic heterocycles. The van der Waals surface area contributed by atoms with E-state index in [0.717, 1.165) is 42.7 Å². The van der Waals surface area contributed by atoms with E-state index in [4.69, 9.17) is 17.0 Å². The predicted molar refractivity (Wildman–Crippen MR) is 163 cm³/mol. The number of ether oxygens (including phenoxy) is 1. The fourth-order valence-electron chi connectivity index (χ4n) is 4.70. The minimum Gasteiger partial charge on any atom is -0.465 e. The Hall–Kier alpha value is -3.13. The first-order chi connectivity index (χ1) is 18.1. The van der Waals surface area contributed by atoms with Crippen molar-refractivity contribution >= 4 is 68.6 Å². The predicted octanol–water partition coefficient (Wildman–Crippen LogP) is 7.80. The number of benzene rings is 3. The van der Waals surface area contributed by atoms with Gasteiger partial charge < -0.3 is 4.74 Å². The standard InChI is InChI=1S/C31H27NO3S3/c1-18-16-22-23(17-19(18)2)32(28(33)21-14-10-7-11-15-21)31(3,4)27(36)24(22)30-37-25(20-12-8-6-9-13-20)26(38-30)29(34)35-5/h6-17H,1-5H3/b30-24+. The quantitative estimate of drug-likeness (QED) is 0.186. The SMILES string of the molecule is COC(=O)C1=C(c2ccccc2)S/C(=C2\C(=S)C(C)(C)N(C(=O)c3ccccc3)c3cc(C)c(C)cc32)S1. The first-order valence-corrected chi connectivity index (χ1v) is 14.2. The van der Waals surface area contributed by atoms with Gasteiger partial charge in [-0.1, -0.05) is 84.3 Å². The van der Waals surface area contributed by atoms with Gasteiger partial charge in [-0.15, -0.1) is 0 Å². The van der Waals surface area contributed by atoms with Crippen LogP contribution >= 0.6 is 35.7 Å². The molecule has 3 aromatic carbocycles. The number of amides is 1. The molecule has 0 saturated carbocycles. The van der Waals surface area contributed by atoms with E-state index in [1.54, 1.807) is 0 Å². The monoisotopic (exact) mass is 557 g/mol. The van der Waals surface area contributed by atoms with E-state index in [1.165, 1.54) is 30.6 Å². The molecule has 192 valence electrons. The van der Waals surface area contributed by atoms with Crippen molar-refractivity contribution in [3.63, 3.8) is 0 Å². The molecule has 0 spiro atoms. The maximum absolute atomic E-state index is 13.9. The molecule has 5 rings (SSSR count).